The van der Waals surface area contributed by atoms with Gasteiger partial charge in [-0.15, -0.1) is 5.10 Å². The molecule has 3 fully saturated rings. The maximum atomic E-state index is 12.2. The lowest BCUT2D eigenvalue weighted by Gasteiger charge is -2.34. The van der Waals surface area contributed by atoms with Crippen LogP contribution in [-0.2, 0) is 4.79 Å². The van der Waals surface area contributed by atoms with Crippen molar-refractivity contribution in [1.82, 2.24) is 5.32 Å². The van der Waals surface area contributed by atoms with Crippen molar-refractivity contribution in [3.05, 3.63) is 34.7 Å². The summed E-state index contributed by atoms with van der Waals surface area (Å²) in [6, 6.07) is 7.60. The van der Waals surface area contributed by atoms with Crippen LogP contribution < -0.4 is 10.1 Å². The molecule has 3 aliphatic rings. The van der Waals surface area contributed by atoms with E-state index in [0.29, 0.717) is 16.0 Å². The van der Waals surface area contributed by atoms with Gasteiger partial charge in [-0.2, -0.15) is 5.10 Å². The van der Waals surface area contributed by atoms with Gasteiger partial charge in [0.15, 0.2) is 5.17 Å². The molecule has 1 heterocycles. The molecule has 0 radical (unpaired) electrons. The number of carbonyl (C=O) groups is 1. The van der Waals surface area contributed by atoms with Crippen LogP contribution >= 0.6 is 11.8 Å². The highest BCUT2D eigenvalue weighted by molar-refractivity contribution is 8.18. The van der Waals surface area contributed by atoms with E-state index in [1.165, 1.54) is 30.3 Å². The van der Waals surface area contributed by atoms with Crippen LogP contribution in [0.15, 0.2) is 39.4 Å². The second-order valence-corrected chi connectivity index (χ2v) is 9.31. The minimum Gasteiger partial charge on any atom is -0.497 e. The highest BCUT2D eigenvalue weighted by Crippen LogP contribution is 2.64. The molecule has 27 heavy (non-hydrogen) atoms. The van der Waals surface area contributed by atoms with Crippen molar-refractivity contribution in [3.8, 4) is 5.75 Å². The second-order valence-electron chi connectivity index (χ2n) is 8.28. The van der Waals surface area contributed by atoms with Gasteiger partial charge >= 0.3 is 0 Å². The summed E-state index contributed by atoms with van der Waals surface area (Å²) in [7, 11) is 1.63. The van der Waals surface area contributed by atoms with Gasteiger partial charge in [-0.05, 0) is 66.1 Å². The normalized spacial score (nSPS) is 33.3. The number of nitrogens with one attached hydrogen (secondary N) is 1. The van der Waals surface area contributed by atoms with Crippen LogP contribution in [0.2, 0.25) is 0 Å². The van der Waals surface area contributed by atoms with Gasteiger partial charge in [-0.3, -0.25) is 10.1 Å². The lowest BCUT2D eigenvalue weighted by molar-refractivity contribution is -0.115. The molecule has 1 aromatic rings. The summed E-state index contributed by atoms with van der Waals surface area (Å²) in [6.07, 6.45) is 5.33. The summed E-state index contributed by atoms with van der Waals surface area (Å²) < 4.78 is 5.16. The molecular weight excluding hydrogens is 358 g/mol. The van der Waals surface area contributed by atoms with Gasteiger partial charge in [-0.1, -0.05) is 32.9 Å². The number of hydrogen-bond acceptors (Lipinski definition) is 5. The van der Waals surface area contributed by atoms with E-state index in [-0.39, 0.29) is 16.7 Å². The molecule has 1 N–H and O–H groups in total. The van der Waals surface area contributed by atoms with E-state index < -0.39 is 0 Å². The van der Waals surface area contributed by atoms with Gasteiger partial charge in [0.25, 0.3) is 5.91 Å². The number of thioether (sulfide) groups is 1. The Hall–Kier alpha value is -2.08. The molecule has 1 aliphatic heterocycles. The van der Waals surface area contributed by atoms with Crippen LogP contribution in [0.3, 0.4) is 0 Å². The van der Waals surface area contributed by atoms with Crippen molar-refractivity contribution in [2.45, 2.75) is 40.0 Å². The summed E-state index contributed by atoms with van der Waals surface area (Å²) in [4.78, 5) is 12.9. The maximum absolute atomic E-state index is 12.2. The third-order valence-corrected chi connectivity index (χ3v) is 7.74. The third kappa shape index (κ3) is 3.00. The zero-order valence-electron chi connectivity index (χ0n) is 16.2. The van der Waals surface area contributed by atoms with Crippen molar-refractivity contribution in [2.24, 2.45) is 27.0 Å². The predicted molar refractivity (Wildman–Crippen MR) is 111 cm³/mol. The van der Waals surface area contributed by atoms with Gasteiger partial charge in [0.05, 0.1) is 12.0 Å². The topological polar surface area (TPSA) is 63.1 Å². The Balaban J connectivity index is 1.52. The molecule has 1 aromatic carbocycles. The van der Waals surface area contributed by atoms with Crippen molar-refractivity contribution >= 4 is 34.6 Å². The van der Waals surface area contributed by atoms with E-state index in [4.69, 9.17) is 4.74 Å². The molecule has 0 unspecified atom stereocenters. The Morgan fingerprint density at radius 1 is 1.22 bits per heavy atom. The fourth-order valence-electron chi connectivity index (χ4n) is 4.51. The van der Waals surface area contributed by atoms with Gasteiger partial charge < -0.3 is 4.74 Å². The smallest absolute Gasteiger partial charge is 0.264 e. The predicted octanol–water partition coefficient (Wildman–Crippen LogP) is 4.46. The highest BCUT2D eigenvalue weighted by Gasteiger charge is 2.60. The summed E-state index contributed by atoms with van der Waals surface area (Å²) in [5, 5.41) is 12.3. The number of carbonyl (C=O) groups excluding carboxylic acids is 1. The molecule has 4 rings (SSSR count). The van der Waals surface area contributed by atoms with E-state index >= 15 is 0 Å². The number of fused-ring (bicyclic) bond motifs is 2. The zero-order chi connectivity index (χ0) is 19.2. The first-order valence-electron chi connectivity index (χ1n) is 9.33. The van der Waals surface area contributed by atoms with Crippen molar-refractivity contribution < 1.29 is 9.53 Å². The molecule has 142 valence electrons. The SMILES string of the molecule is COc1ccc(/C=C2/SC(=N/N=C3/C[C@@H]4CC[C@@]3(C)C4(C)C)NC2=O)cc1. The maximum Gasteiger partial charge on any atom is 0.264 e. The van der Waals surface area contributed by atoms with Crippen molar-refractivity contribution in [3.63, 3.8) is 0 Å². The van der Waals surface area contributed by atoms with Crippen LogP contribution in [0.5, 0.6) is 5.75 Å². The number of benzene rings is 1. The van der Waals surface area contributed by atoms with Crippen LogP contribution in [0, 0.1) is 16.7 Å². The summed E-state index contributed by atoms with van der Waals surface area (Å²) in [5.74, 6) is 1.35. The number of amides is 1. The monoisotopic (exact) mass is 383 g/mol. The minimum atomic E-state index is -0.130. The highest BCUT2D eigenvalue weighted by atomic mass is 32.2. The molecule has 0 spiro atoms. The average Bonchev–Trinajstić information content (AvgIpc) is 3.17. The quantitative estimate of drug-likeness (QED) is 0.619. The van der Waals surface area contributed by atoms with Crippen LogP contribution in [-0.4, -0.2) is 23.9 Å². The molecule has 2 atom stereocenters. The van der Waals surface area contributed by atoms with Gasteiger partial charge in [0.2, 0.25) is 0 Å². The molecule has 2 bridgehead atoms. The van der Waals surface area contributed by atoms with E-state index in [0.717, 1.165) is 17.7 Å². The lowest BCUT2D eigenvalue weighted by Crippen LogP contribution is -2.32. The van der Waals surface area contributed by atoms with Gasteiger partial charge in [0.1, 0.15) is 5.75 Å². The molecule has 1 amide bonds. The molecular formula is C21H25N3O2S. The van der Waals surface area contributed by atoms with Crippen LogP contribution in [0.4, 0.5) is 0 Å². The van der Waals surface area contributed by atoms with Crippen molar-refractivity contribution in [1.29, 1.82) is 0 Å². The molecule has 1 saturated heterocycles. The van der Waals surface area contributed by atoms with Crippen LogP contribution in [0.1, 0.15) is 45.6 Å². The number of nitrogens with zero attached hydrogens (tertiary/aromatic N) is 2. The first-order valence-corrected chi connectivity index (χ1v) is 10.1. The zero-order valence-corrected chi connectivity index (χ0v) is 17.0. The van der Waals surface area contributed by atoms with E-state index in [9.17, 15) is 4.79 Å². The standard InChI is InChI=1S/C21H25N3O2S/c1-20(2)14-9-10-21(20,3)17(12-14)23-24-19-22-18(25)16(27-19)11-13-5-7-15(26-4)8-6-13/h5-8,11,14H,9-10,12H2,1-4H3,(H,22,24,25)/b16-11+,23-17-/t14-,21+/m0/s1. The first-order chi connectivity index (χ1) is 12.8. The van der Waals surface area contributed by atoms with Crippen molar-refractivity contribution in [2.75, 3.05) is 7.11 Å². The lowest BCUT2D eigenvalue weighted by atomic mass is 9.70. The third-order valence-electron chi connectivity index (χ3n) is 6.84. The van der Waals surface area contributed by atoms with E-state index in [1.54, 1.807) is 7.11 Å². The number of rotatable bonds is 3. The Kier molecular flexibility index (Phi) is 4.41. The summed E-state index contributed by atoms with van der Waals surface area (Å²) in [5.41, 5.74) is 2.52. The van der Waals surface area contributed by atoms with E-state index in [2.05, 4.69) is 36.3 Å². The number of hydrogen-bond donors (Lipinski definition) is 1. The Bertz CT molecular complexity index is 870. The first kappa shape index (κ1) is 18.3. The number of ether oxygens (including phenoxy) is 1. The molecule has 2 saturated carbocycles. The fraction of sp³-hybridized carbons (Fsp3) is 0.476. The average molecular weight is 384 g/mol. The summed E-state index contributed by atoms with van der Waals surface area (Å²) in [6.45, 7) is 7.01. The number of methoxy groups -OCH3 is 1. The Labute approximate surface area is 164 Å². The second kappa shape index (κ2) is 6.51. The minimum absolute atomic E-state index is 0.122. The number of amidine groups is 1. The fourth-order valence-corrected chi connectivity index (χ4v) is 5.28. The Morgan fingerprint density at radius 2 is 1.96 bits per heavy atom. The molecule has 0 aromatic heterocycles. The summed E-state index contributed by atoms with van der Waals surface area (Å²) >= 11 is 1.34. The van der Waals surface area contributed by atoms with Gasteiger partial charge in [-0.25, -0.2) is 0 Å². The largest absolute Gasteiger partial charge is 0.497 e. The molecule has 6 heteroatoms. The van der Waals surface area contributed by atoms with E-state index in [1.807, 2.05) is 30.3 Å². The Morgan fingerprint density at radius 3 is 2.56 bits per heavy atom. The molecule has 5 nitrogen and oxygen atoms in total. The van der Waals surface area contributed by atoms with Crippen LogP contribution in [0.25, 0.3) is 6.08 Å². The van der Waals surface area contributed by atoms with Gasteiger partial charge in [0, 0.05) is 11.1 Å². The molecule has 2 aliphatic carbocycles.